The highest BCUT2D eigenvalue weighted by Gasteiger charge is 2.46. The molecule has 5 amide bonds. The van der Waals surface area contributed by atoms with Crippen LogP contribution in [-0.4, -0.2) is 101 Å². The zero-order valence-electron chi connectivity index (χ0n) is 36.0. The molecule has 0 radical (unpaired) electrons. The van der Waals surface area contributed by atoms with E-state index in [9.17, 15) is 29.4 Å². The van der Waals surface area contributed by atoms with Crippen molar-refractivity contribution in [2.24, 2.45) is 16.7 Å². The first-order valence-corrected chi connectivity index (χ1v) is 19.9. The van der Waals surface area contributed by atoms with E-state index in [1.54, 1.807) is 61.2 Å². The fourth-order valence-electron chi connectivity index (χ4n) is 7.22. The molecule has 2 aromatic carbocycles. The van der Waals surface area contributed by atoms with Crippen LogP contribution in [0.2, 0.25) is 0 Å². The minimum absolute atomic E-state index is 0.108. The molecule has 0 spiro atoms. The fraction of sp³-hybridized carbons (Fsp3) is 0.523. The van der Waals surface area contributed by atoms with Gasteiger partial charge in [0.15, 0.2) is 0 Å². The standard InChI is InChI=1S/C44H63N7O8/c1-42(2,3)36(33-24-45-40(55)51(33)26-30-17-14-18-35(46-30)44(7,8)57)38(53)47-32(23-28-15-12-11-13-16-28)34(52)27-50(25-29-19-21-31(58-9)22-20-29)49-39(54)37(43(4,5)6)48-41(56)59-10/h11-22,32-34,36-37,52,57H,23-27H2,1-10H3,(H,45,55)(H,47,53)(H,48,56)(H,49,54). The Bertz CT molecular complexity index is 1870. The number of carbonyl (C=O) groups excluding carboxylic acids is 4. The number of aliphatic hydroxyl groups excluding tert-OH is 1. The third-order valence-corrected chi connectivity index (χ3v) is 10.4. The average Bonchev–Trinajstić information content (AvgIpc) is 3.50. The number of nitrogens with zero attached hydrogens (tertiary/aromatic N) is 3. The lowest BCUT2D eigenvalue weighted by molar-refractivity contribution is -0.134. The number of alkyl carbamates (subject to hydrolysis) is 1. The van der Waals surface area contributed by atoms with Crippen LogP contribution in [0, 0.1) is 16.7 Å². The summed E-state index contributed by atoms with van der Waals surface area (Å²) in [6, 6.07) is 19.2. The maximum absolute atomic E-state index is 14.7. The summed E-state index contributed by atoms with van der Waals surface area (Å²) in [5.41, 5.74) is 3.05. The van der Waals surface area contributed by atoms with Gasteiger partial charge in [-0.05, 0) is 66.5 Å². The molecule has 1 fully saturated rings. The first-order chi connectivity index (χ1) is 27.6. The Morgan fingerprint density at radius 3 is 2.12 bits per heavy atom. The average molecular weight is 818 g/mol. The van der Waals surface area contributed by atoms with Gasteiger partial charge in [0, 0.05) is 19.6 Å². The number of hydrogen-bond acceptors (Lipinski definition) is 10. The molecular formula is C44H63N7O8. The summed E-state index contributed by atoms with van der Waals surface area (Å²) in [5.74, 6) is -0.976. The molecule has 0 bridgehead atoms. The van der Waals surface area contributed by atoms with Gasteiger partial charge < -0.3 is 40.5 Å². The summed E-state index contributed by atoms with van der Waals surface area (Å²) < 4.78 is 10.1. The van der Waals surface area contributed by atoms with E-state index in [-0.39, 0.29) is 44.5 Å². The third kappa shape index (κ3) is 13.1. The third-order valence-electron chi connectivity index (χ3n) is 10.4. The molecule has 59 heavy (non-hydrogen) atoms. The number of rotatable bonds is 17. The molecule has 0 saturated carbocycles. The molecule has 322 valence electrons. The van der Waals surface area contributed by atoms with Gasteiger partial charge in [0.05, 0.1) is 56.3 Å². The minimum Gasteiger partial charge on any atom is -0.497 e. The number of hydrogen-bond donors (Lipinski definition) is 6. The second kappa shape index (κ2) is 19.7. The summed E-state index contributed by atoms with van der Waals surface area (Å²) in [6.45, 7) is 14.9. The highest BCUT2D eigenvalue weighted by molar-refractivity contribution is 5.86. The molecule has 1 aliphatic heterocycles. The predicted molar refractivity (Wildman–Crippen MR) is 224 cm³/mol. The summed E-state index contributed by atoms with van der Waals surface area (Å²) >= 11 is 0. The summed E-state index contributed by atoms with van der Waals surface area (Å²) in [7, 11) is 2.79. The van der Waals surface area contributed by atoms with Crippen molar-refractivity contribution in [2.45, 2.75) is 105 Å². The highest BCUT2D eigenvalue weighted by Crippen LogP contribution is 2.34. The van der Waals surface area contributed by atoms with E-state index in [2.05, 4.69) is 26.4 Å². The maximum Gasteiger partial charge on any atom is 0.407 e. The number of methoxy groups -OCH3 is 2. The quantitative estimate of drug-likeness (QED) is 0.107. The molecule has 5 unspecified atom stereocenters. The lowest BCUT2D eigenvalue weighted by Gasteiger charge is -2.39. The van der Waals surface area contributed by atoms with E-state index in [4.69, 9.17) is 9.47 Å². The van der Waals surface area contributed by atoms with E-state index in [0.717, 1.165) is 11.1 Å². The second-order valence-electron chi connectivity index (χ2n) is 17.8. The Labute approximate surface area is 348 Å². The first-order valence-electron chi connectivity index (χ1n) is 19.9. The topological polar surface area (TPSA) is 195 Å². The zero-order valence-corrected chi connectivity index (χ0v) is 36.0. The van der Waals surface area contributed by atoms with Crippen LogP contribution in [0.3, 0.4) is 0 Å². The zero-order chi connectivity index (χ0) is 43.7. The van der Waals surface area contributed by atoms with Crippen molar-refractivity contribution in [3.8, 4) is 5.75 Å². The Balaban J connectivity index is 1.66. The number of pyridine rings is 1. The Morgan fingerprint density at radius 1 is 0.881 bits per heavy atom. The molecule has 15 nitrogen and oxygen atoms in total. The largest absolute Gasteiger partial charge is 0.497 e. The Hall–Kier alpha value is -5.25. The minimum atomic E-state index is -1.23. The molecule has 5 atom stereocenters. The second-order valence-corrected chi connectivity index (χ2v) is 17.8. The van der Waals surface area contributed by atoms with Gasteiger partial charge in [-0.2, -0.15) is 0 Å². The number of aliphatic hydroxyl groups is 2. The first kappa shape index (κ1) is 46.4. The van der Waals surface area contributed by atoms with Crippen molar-refractivity contribution in [3.63, 3.8) is 0 Å². The van der Waals surface area contributed by atoms with Crippen LogP contribution < -0.4 is 26.1 Å². The number of benzene rings is 2. The van der Waals surface area contributed by atoms with Crippen molar-refractivity contribution < 1.29 is 38.9 Å². The summed E-state index contributed by atoms with van der Waals surface area (Å²) in [6.07, 6.45) is -1.74. The fourth-order valence-corrected chi connectivity index (χ4v) is 7.22. The monoisotopic (exact) mass is 817 g/mol. The molecule has 1 aliphatic rings. The molecule has 3 aromatic rings. The van der Waals surface area contributed by atoms with Crippen molar-refractivity contribution in [2.75, 3.05) is 27.3 Å². The van der Waals surface area contributed by atoms with Crippen LogP contribution in [0.15, 0.2) is 72.8 Å². The van der Waals surface area contributed by atoms with Crippen molar-refractivity contribution >= 4 is 23.9 Å². The predicted octanol–water partition coefficient (Wildman–Crippen LogP) is 4.27. The van der Waals surface area contributed by atoms with Gasteiger partial charge in [-0.15, -0.1) is 0 Å². The van der Waals surface area contributed by atoms with E-state index in [1.165, 1.54) is 7.11 Å². The lowest BCUT2D eigenvalue weighted by Crippen LogP contribution is -2.60. The lowest BCUT2D eigenvalue weighted by atomic mass is 9.75. The Morgan fingerprint density at radius 2 is 1.54 bits per heavy atom. The molecule has 6 N–H and O–H groups in total. The molecule has 1 saturated heterocycles. The smallest absolute Gasteiger partial charge is 0.407 e. The van der Waals surface area contributed by atoms with Gasteiger partial charge in [-0.3, -0.25) is 20.0 Å². The van der Waals surface area contributed by atoms with Crippen LogP contribution in [-0.2, 0) is 39.4 Å². The number of hydrazine groups is 1. The van der Waals surface area contributed by atoms with Gasteiger partial charge in [-0.25, -0.2) is 14.6 Å². The number of amides is 5. The van der Waals surface area contributed by atoms with E-state index in [1.807, 2.05) is 84.0 Å². The Kier molecular flexibility index (Phi) is 15.5. The molecule has 4 rings (SSSR count). The normalized spacial score (nSPS) is 16.7. The van der Waals surface area contributed by atoms with E-state index in [0.29, 0.717) is 17.1 Å². The van der Waals surface area contributed by atoms with Crippen LogP contribution in [0.4, 0.5) is 9.59 Å². The van der Waals surface area contributed by atoms with Crippen LogP contribution >= 0.6 is 0 Å². The molecule has 2 heterocycles. The number of ether oxygens (including phenoxy) is 2. The van der Waals surface area contributed by atoms with Gasteiger partial charge >= 0.3 is 12.1 Å². The summed E-state index contributed by atoms with van der Waals surface area (Å²) in [4.78, 5) is 60.5. The van der Waals surface area contributed by atoms with E-state index < -0.39 is 58.6 Å². The van der Waals surface area contributed by atoms with Gasteiger partial charge in [0.2, 0.25) is 5.91 Å². The van der Waals surface area contributed by atoms with Crippen molar-refractivity contribution in [3.05, 3.63) is 95.3 Å². The number of carbonyl (C=O) groups is 4. The van der Waals surface area contributed by atoms with Gasteiger partial charge in [0.1, 0.15) is 17.4 Å². The van der Waals surface area contributed by atoms with E-state index >= 15 is 0 Å². The van der Waals surface area contributed by atoms with Gasteiger partial charge in [-0.1, -0.05) is 90.1 Å². The molecule has 0 aliphatic carbocycles. The van der Waals surface area contributed by atoms with Crippen molar-refractivity contribution in [1.82, 2.24) is 36.3 Å². The van der Waals surface area contributed by atoms with Gasteiger partial charge in [0.25, 0.3) is 5.91 Å². The van der Waals surface area contributed by atoms with Crippen LogP contribution in [0.1, 0.15) is 77.9 Å². The van der Waals surface area contributed by atoms with Crippen molar-refractivity contribution in [1.29, 1.82) is 0 Å². The molecular weight excluding hydrogens is 755 g/mol. The number of aromatic nitrogens is 1. The number of urea groups is 1. The van der Waals surface area contributed by atoms with Crippen LogP contribution in [0.5, 0.6) is 5.75 Å². The summed E-state index contributed by atoms with van der Waals surface area (Å²) in [5, 5.41) is 33.0. The molecule has 15 heteroatoms. The van der Waals surface area contributed by atoms with Crippen LogP contribution in [0.25, 0.3) is 0 Å². The highest BCUT2D eigenvalue weighted by atomic mass is 16.5. The molecule has 1 aromatic heterocycles. The maximum atomic E-state index is 14.7. The number of nitrogens with one attached hydrogen (secondary N) is 4. The SMILES string of the molecule is COC(=O)NC(C(=O)NN(Cc1ccc(OC)cc1)CC(O)C(Cc1ccccc1)NC(=O)C(C1CNC(=O)N1Cc1cccc(C(C)(C)O)n1)C(C)(C)C)C(C)(C)C.